The molecular formula is C96H92Sn. The molecule has 0 aliphatic heterocycles. The average Bonchev–Trinajstić information content (AvgIpc) is 0.729. The monoisotopic (exact) mass is 1360 g/mol. The van der Waals surface area contributed by atoms with Gasteiger partial charge in [-0.3, -0.25) is 0 Å². The van der Waals surface area contributed by atoms with E-state index >= 15 is 0 Å². The molecule has 0 fully saturated rings. The van der Waals surface area contributed by atoms with Crippen molar-refractivity contribution in [3.8, 4) is 44.5 Å². The van der Waals surface area contributed by atoms with E-state index in [-0.39, 0.29) is 21.7 Å². The number of hydrogen-bond acceptors (Lipinski definition) is 0. The molecule has 1 heteroatoms. The Morgan fingerprint density at radius 2 is 0.289 bits per heavy atom. The molecule has 0 nitrogen and oxygen atoms in total. The van der Waals surface area contributed by atoms with Crippen LogP contribution in [0.5, 0.6) is 0 Å². The third kappa shape index (κ3) is 14.4. The maximum absolute atomic E-state index is 4.74. The van der Waals surface area contributed by atoms with Crippen LogP contribution in [0.25, 0.3) is 66.8 Å². The van der Waals surface area contributed by atoms with Gasteiger partial charge in [-0.1, -0.05) is 83.1 Å². The van der Waals surface area contributed by atoms with E-state index < -0.39 is 18.4 Å². The summed E-state index contributed by atoms with van der Waals surface area (Å²) >= 11 is -4.44. The minimum atomic E-state index is -4.44. The van der Waals surface area contributed by atoms with Crippen molar-refractivity contribution >= 4 is 55.0 Å². The van der Waals surface area contributed by atoms with E-state index in [2.05, 4.69) is 374 Å². The van der Waals surface area contributed by atoms with Crippen molar-refractivity contribution in [2.75, 3.05) is 0 Å². The predicted molar refractivity (Wildman–Crippen MR) is 425 cm³/mol. The second-order valence-electron chi connectivity index (χ2n) is 30.6. The molecule has 0 radical (unpaired) electrons. The van der Waals surface area contributed by atoms with Gasteiger partial charge < -0.3 is 0 Å². The van der Waals surface area contributed by atoms with Gasteiger partial charge in [0.15, 0.2) is 0 Å². The predicted octanol–water partition coefficient (Wildman–Crippen LogP) is 23.2. The Labute approximate surface area is 584 Å². The molecule has 0 N–H and O–H groups in total. The van der Waals surface area contributed by atoms with Crippen LogP contribution < -0.4 is 14.3 Å². The van der Waals surface area contributed by atoms with Crippen LogP contribution in [-0.2, 0) is 21.7 Å². The molecule has 0 aromatic heterocycles. The topological polar surface area (TPSA) is 0 Å². The van der Waals surface area contributed by atoms with Crippen LogP contribution in [0, 0.1) is 0 Å². The van der Waals surface area contributed by atoms with E-state index in [1.807, 2.05) is 0 Å². The summed E-state index contributed by atoms with van der Waals surface area (Å²) in [7, 11) is 0. The summed E-state index contributed by atoms with van der Waals surface area (Å²) < 4.78 is 5.31. The summed E-state index contributed by atoms with van der Waals surface area (Å²) in [6.45, 7) is 46.1. The van der Waals surface area contributed by atoms with E-state index in [0.29, 0.717) is 0 Å². The normalized spacial score (nSPS) is 12.1. The SMILES string of the molecule is C=C(c1ccc(-c2ccc(C(C)(C)C)cc2)cc1)c1cc[c]([Sn]([c]2ccc(C(=C)c3ccc(-c4ccc(C(C)(C)C)cc4)cc3)cc2)([c]2ccc(C(=C)c3ccc(-c4ccc(C(C)(C)C)cc4)cc3)cc2)[c]2ccc(C(=C)c3ccc(-c4ccc(C(C)(C)C)cc4)cc3)cc2)cc1. The van der Waals surface area contributed by atoms with Crippen LogP contribution in [0.15, 0.2) is 318 Å². The molecule has 0 heterocycles. The Balaban J connectivity index is 0.931. The zero-order valence-electron chi connectivity index (χ0n) is 59.0. The molecule has 0 spiro atoms. The van der Waals surface area contributed by atoms with Gasteiger partial charge in [0.05, 0.1) is 0 Å². The van der Waals surface area contributed by atoms with Crippen molar-refractivity contribution in [3.63, 3.8) is 0 Å². The molecule has 12 aromatic carbocycles. The van der Waals surface area contributed by atoms with Crippen LogP contribution in [0.3, 0.4) is 0 Å². The van der Waals surface area contributed by atoms with Crippen LogP contribution in [0.4, 0.5) is 0 Å². The van der Waals surface area contributed by atoms with Crippen LogP contribution in [0.1, 0.15) is 150 Å². The number of rotatable bonds is 16. The van der Waals surface area contributed by atoms with E-state index in [4.69, 9.17) is 26.3 Å². The van der Waals surface area contributed by atoms with Crippen molar-refractivity contribution in [1.29, 1.82) is 0 Å². The molecule has 12 aromatic rings. The van der Waals surface area contributed by atoms with Crippen molar-refractivity contribution in [2.45, 2.75) is 105 Å². The molecule has 12 rings (SSSR count). The second kappa shape index (κ2) is 27.1. The molecule has 97 heavy (non-hydrogen) atoms. The molecule has 0 atom stereocenters. The Morgan fingerprint density at radius 1 is 0.175 bits per heavy atom. The van der Waals surface area contributed by atoms with E-state index in [9.17, 15) is 0 Å². The summed E-state index contributed by atoms with van der Waals surface area (Å²) in [5.41, 5.74) is 27.9. The number of hydrogen-bond donors (Lipinski definition) is 0. The fourth-order valence-corrected chi connectivity index (χ4v) is 26.8. The van der Waals surface area contributed by atoms with Crippen molar-refractivity contribution in [2.24, 2.45) is 0 Å². The first-order valence-electron chi connectivity index (χ1n) is 34.3. The minimum absolute atomic E-state index is 0.0962. The first-order valence-corrected chi connectivity index (χ1v) is 40.0. The van der Waals surface area contributed by atoms with Crippen LogP contribution in [0.2, 0.25) is 0 Å². The third-order valence-electron chi connectivity index (χ3n) is 19.9. The summed E-state index contributed by atoms with van der Waals surface area (Å²) in [5.74, 6) is 0. The molecule has 0 bridgehead atoms. The van der Waals surface area contributed by atoms with Gasteiger partial charge in [0, 0.05) is 0 Å². The summed E-state index contributed by atoms with van der Waals surface area (Å²) in [4.78, 5) is 0. The van der Waals surface area contributed by atoms with Gasteiger partial charge in [0.25, 0.3) is 0 Å². The molecule has 480 valence electrons. The van der Waals surface area contributed by atoms with E-state index in [1.54, 1.807) is 0 Å². The zero-order valence-corrected chi connectivity index (χ0v) is 61.9. The van der Waals surface area contributed by atoms with Crippen molar-refractivity contribution in [3.05, 3.63) is 384 Å². The van der Waals surface area contributed by atoms with Crippen LogP contribution in [-0.4, -0.2) is 18.4 Å². The molecular weight excluding hydrogens is 1270 g/mol. The summed E-state index contributed by atoms with van der Waals surface area (Å²) in [6, 6.07) is 109. The third-order valence-corrected chi connectivity index (χ3v) is 33.6. The zero-order chi connectivity index (χ0) is 68.6. The summed E-state index contributed by atoms with van der Waals surface area (Å²) in [6.07, 6.45) is 0. The van der Waals surface area contributed by atoms with Crippen molar-refractivity contribution < 1.29 is 0 Å². The molecule has 0 aliphatic rings. The average molecular weight is 1360 g/mol. The Bertz CT molecular complexity index is 4150. The number of benzene rings is 12. The van der Waals surface area contributed by atoms with Gasteiger partial charge in [-0.05, 0) is 43.9 Å². The van der Waals surface area contributed by atoms with Gasteiger partial charge in [-0.15, -0.1) is 0 Å². The first-order chi connectivity index (χ1) is 46.2. The second-order valence-corrected chi connectivity index (χ2v) is 41.5. The molecule has 0 aliphatic carbocycles. The fourth-order valence-electron chi connectivity index (χ4n) is 13.5. The Hall–Kier alpha value is -9.60. The maximum atomic E-state index is 4.74. The van der Waals surface area contributed by atoms with Gasteiger partial charge in [-0.2, -0.15) is 0 Å². The van der Waals surface area contributed by atoms with Crippen LogP contribution >= 0.6 is 0 Å². The Morgan fingerprint density at radius 3 is 0.412 bits per heavy atom. The Kier molecular flexibility index (Phi) is 18.8. The van der Waals surface area contributed by atoms with Gasteiger partial charge in [-0.25, -0.2) is 0 Å². The van der Waals surface area contributed by atoms with Crippen molar-refractivity contribution in [1.82, 2.24) is 0 Å². The summed E-state index contributed by atoms with van der Waals surface area (Å²) in [5, 5.41) is 0. The quantitative estimate of drug-likeness (QED) is 0.0846. The van der Waals surface area contributed by atoms with E-state index in [1.165, 1.54) is 81.1 Å². The van der Waals surface area contributed by atoms with Gasteiger partial charge >= 0.3 is 462 Å². The van der Waals surface area contributed by atoms with Gasteiger partial charge in [0.2, 0.25) is 0 Å². The van der Waals surface area contributed by atoms with E-state index in [0.717, 1.165) is 66.8 Å². The molecule has 0 unspecified atom stereocenters. The van der Waals surface area contributed by atoms with Gasteiger partial charge in [0.1, 0.15) is 0 Å². The molecule has 0 saturated carbocycles. The molecule has 0 saturated heterocycles. The first kappa shape index (κ1) is 67.4. The standard InChI is InChI=1S/4C24H23.Sn/c4*1-18(19-8-6-5-7-9-19)20-10-12-21(13-11-20)22-14-16-23(17-15-22)24(2,3)4;/h4*6-17H,1H2,2-4H3;. The fraction of sp³-hybridized carbons (Fsp3) is 0.167. The molecule has 0 amide bonds.